The number of nitrogens with zero attached hydrogens (tertiary/aromatic N) is 1. The van der Waals surface area contributed by atoms with Crippen molar-refractivity contribution in [3.8, 4) is 0 Å². The Bertz CT molecular complexity index is 441. The fraction of sp³-hybridized carbons (Fsp3) is 0.200. The van der Waals surface area contributed by atoms with Gasteiger partial charge in [-0.15, -0.1) is 0 Å². The number of hydrogen-bond acceptors (Lipinski definition) is 1. The molecule has 0 heterocycles. The van der Waals surface area contributed by atoms with Gasteiger partial charge in [0.1, 0.15) is 0 Å². The van der Waals surface area contributed by atoms with Crippen molar-refractivity contribution in [3.63, 3.8) is 0 Å². The summed E-state index contributed by atoms with van der Waals surface area (Å²) < 4.78 is 8.19. The van der Waals surface area contributed by atoms with Crippen LogP contribution in [0.15, 0.2) is 60.7 Å². The molecule has 0 saturated heterocycles. The molecule has 0 bridgehead atoms. The van der Waals surface area contributed by atoms with E-state index in [4.69, 9.17) is 1.37 Å². The van der Waals surface area contributed by atoms with Gasteiger partial charge in [0, 0.05) is 14.4 Å². The highest BCUT2D eigenvalue weighted by molar-refractivity contribution is 5.16. The third kappa shape index (κ3) is 3.21. The molecular formula is C15H17N. The van der Waals surface area contributed by atoms with Gasteiger partial charge in [-0.1, -0.05) is 60.7 Å². The van der Waals surface area contributed by atoms with E-state index in [0.717, 1.165) is 12.1 Å². The molecule has 0 aliphatic rings. The van der Waals surface area contributed by atoms with Gasteiger partial charge in [-0.25, -0.2) is 0 Å². The Morgan fingerprint density at radius 2 is 1.38 bits per heavy atom. The zero-order valence-electron chi connectivity index (χ0n) is 10.5. The van der Waals surface area contributed by atoms with Crippen LogP contribution in [0.3, 0.4) is 0 Å². The molecule has 2 aromatic carbocycles. The quantitative estimate of drug-likeness (QED) is 0.751. The van der Waals surface area contributed by atoms with Crippen molar-refractivity contribution in [1.82, 2.24) is 4.90 Å². The van der Waals surface area contributed by atoms with E-state index in [9.17, 15) is 0 Å². The molecule has 0 saturated carbocycles. The van der Waals surface area contributed by atoms with Gasteiger partial charge in [-0.2, -0.15) is 0 Å². The van der Waals surface area contributed by atoms with Crippen LogP contribution in [0.5, 0.6) is 0 Å². The Kier molecular flexibility index (Phi) is 3.29. The van der Waals surface area contributed by atoms with E-state index < -0.39 is 0 Å². The second-order valence-corrected chi connectivity index (χ2v) is 3.94. The van der Waals surface area contributed by atoms with Crippen LogP contribution in [-0.2, 0) is 13.1 Å². The highest BCUT2D eigenvalue weighted by Crippen LogP contribution is 2.07. The molecule has 0 aromatic heterocycles. The molecule has 2 aromatic rings. The van der Waals surface area contributed by atoms with Gasteiger partial charge in [0.25, 0.3) is 0 Å². The zero-order chi connectivity index (χ0) is 12.1. The van der Waals surface area contributed by atoms with Crippen LogP contribution >= 0.6 is 0 Å². The third-order valence-corrected chi connectivity index (χ3v) is 2.44. The lowest BCUT2D eigenvalue weighted by Crippen LogP contribution is -2.16. The summed E-state index contributed by atoms with van der Waals surface area (Å²) in [5.74, 6) is 0. The standard InChI is InChI=1S/C15H17N/c1-16(12-14-8-4-2-5-9-14)13-15-10-6-3-7-11-15/h2-11H,12-13H2,1H3/i12D/t12-/m1/s1. The smallest absolute Gasteiger partial charge is 0.0481 e. The average Bonchev–Trinajstić information content (AvgIpc) is 2.40. The van der Waals surface area contributed by atoms with Crippen LogP contribution in [0.25, 0.3) is 0 Å². The Labute approximate surface area is 98.7 Å². The van der Waals surface area contributed by atoms with Gasteiger partial charge in [0.05, 0.1) is 0 Å². The molecule has 0 aliphatic carbocycles. The van der Waals surface area contributed by atoms with E-state index in [-0.39, 0.29) is 6.52 Å². The minimum atomic E-state index is -0.309. The second-order valence-electron chi connectivity index (χ2n) is 3.94. The maximum atomic E-state index is 8.19. The minimum absolute atomic E-state index is 0.309. The normalized spacial score (nSPS) is 13.5. The van der Waals surface area contributed by atoms with Crippen LogP contribution < -0.4 is 0 Å². The fourth-order valence-corrected chi connectivity index (χ4v) is 1.71. The lowest BCUT2D eigenvalue weighted by atomic mass is 10.2. The molecular weight excluding hydrogens is 194 g/mol. The summed E-state index contributed by atoms with van der Waals surface area (Å²) in [7, 11) is 1.98. The topological polar surface area (TPSA) is 3.24 Å². The highest BCUT2D eigenvalue weighted by Gasteiger charge is 2.00. The number of hydrogen-bond donors (Lipinski definition) is 0. The second kappa shape index (κ2) is 5.47. The first kappa shape index (κ1) is 9.61. The van der Waals surface area contributed by atoms with Gasteiger partial charge in [-0.3, -0.25) is 4.90 Å². The van der Waals surface area contributed by atoms with Crippen molar-refractivity contribution < 1.29 is 1.37 Å². The van der Waals surface area contributed by atoms with E-state index in [1.165, 1.54) is 5.56 Å². The molecule has 0 N–H and O–H groups in total. The lowest BCUT2D eigenvalue weighted by Gasteiger charge is -2.16. The Hall–Kier alpha value is -1.60. The molecule has 0 radical (unpaired) electrons. The van der Waals surface area contributed by atoms with E-state index in [2.05, 4.69) is 12.1 Å². The van der Waals surface area contributed by atoms with Gasteiger partial charge < -0.3 is 0 Å². The molecule has 0 unspecified atom stereocenters. The van der Waals surface area contributed by atoms with Crippen molar-refractivity contribution >= 4 is 0 Å². The summed E-state index contributed by atoms with van der Waals surface area (Å²) in [6.07, 6.45) is 0. The highest BCUT2D eigenvalue weighted by atomic mass is 15.1. The Morgan fingerprint density at radius 3 is 1.94 bits per heavy atom. The van der Waals surface area contributed by atoms with Crippen LogP contribution in [-0.4, -0.2) is 11.9 Å². The molecule has 0 spiro atoms. The number of benzene rings is 2. The monoisotopic (exact) mass is 212 g/mol. The summed E-state index contributed by atoms with van der Waals surface area (Å²) in [6, 6.07) is 20.2. The largest absolute Gasteiger partial charge is 0.298 e. The predicted octanol–water partition coefficient (Wildman–Crippen LogP) is 3.32. The molecule has 1 atom stereocenters. The fourth-order valence-electron chi connectivity index (χ4n) is 1.71. The first-order valence-electron chi connectivity index (χ1n) is 6.06. The van der Waals surface area contributed by atoms with Gasteiger partial charge in [0.2, 0.25) is 0 Å². The summed E-state index contributed by atoms with van der Waals surface area (Å²) in [5, 5.41) is 0. The van der Waals surface area contributed by atoms with Crippen molar-refractivity contribution in [3.05, 3.63) is 71.8 Å². The SMILES string of the molecule is [2H][C@H](c1ccccc1)N(C)Cc1ccccc1. The van der Waals surface area contributed by atoms with E-state index in [1.807, 2.05) is 60.5 Å². The van der Waals surface area contributed by atoms with Crippen LogP contribution in [0.2, 0.25) is 0 Å². The van der Waals surface area contributed by atoms with Crippen molar-refractivity contribution in [2.24, 2.45) is 0 Å². The third-order valence-electron chi connectivity index (χ3n) is 2.44. The molecule has 16 heavy (non-hydrogen) atoms. The maximum Gasteiger partial charge on any atom is 0.0481 e. The molecule has 82 valence electrons. The average molecular weight is 212 g/mol. The molecule has 1 nitrogen and oxygen atoms in total. The van der Waals surface area contributed by atoms with Crippen LogP contribution in [0.1, 0.15) is 12.5 Å². The van der Waals surface area contributed by atoms with Gasteiger partial charge >= 0.3 is 0 Å². The van der Waals surface area contributed by atoms with Gasteiger partial charge in [-0.05, 0) is 18.2 Å². The van der Waals surface area contributed by atoms with Crippen molar-refractivity contribution in [2.75, 3.05) is 7.05 Å². The predicted molar refractivity (Wildman–Crippen MR) is 68.1 cm³/mol. The maximum absolute atomic E-state index is 8.19. The first-order valence-corrected chi connectivity index (χ1v) is 5.49. The van der Waals surface area contributed by atoms with Crippen LogP contribution in [0, 0.1) is 0 Å². The lowest BCUT2D eigenvalue weighted by molar-refractivity contribution is 0.319. The molecule has 0 aliphatic heterocycles. The summed E-state index contributed by atoms with van der Waals surface area (Å²) >= 11 is 0. The zero-order valence-corrected chi connectivity index (χ0v) is 9.51. The molecule has 0 fully saturated rings. The molecule has 1 heteroatoms. The van der Waals surface area contributed by atoms with Crippen molar-refractivity contribution in [1.29, 1.82) is 0 Å². The van der Waals surface area contributed by atoms with E-state index in [1.54, 1.807) is 0 Å². The Morgan fingerprint density at radius 1 is 0.875 bits per heavy atom. The van der Waals surface area contributed by atoms with Gasteiger partial charge in [0.15, 0.2) is 0 Å². The summed E-state index contributed by atoms with van der Waals surface area (Å²) in [4.78, 5) is 2.03. The Balaban J connectivity index is 2.03. The molecule has 0 amide bonds. The van der Waals surface area contributed by atoms with E-state index in [0.29, 0.717) is 0 Å². The molecule has 2 rings (SSSR count). The summed E-state index contributed by atoms with van der Waals surface area (Å²) in [5.41, 5.74) is 2.27. The summed E-state index contributed by atoms with van der Waals surface area (Å²) in [6.45, 7) is 0.487. The van der Waals surface area contributed by atoms with Crippen molar-refractivity contribution in [2.45, 2.75) is 13.1 Å². The minimum Gasteiger partial charge on any atom is -0.298 e. The number of rotatable bonds is 4. The van der Waals surface area contributed by atoms with Crippen LogP contribution in [0.4, 0.5) is 0 Å². The van der Waals surface area contributed by atoms with E-state index >= 15 is 0 Å². The first-order chi connectivity index (χ1) is 8.27.